The number of rotatable bonds is 3. The third kappa shape index (κ3) is 2.68. The minimum atomic E-state index is -1.09. The summed E-state index contributed by atoms with van der Waals surface area (Å²) in [6.45, 7) is 0.706. The first-order valence-corrected chi connectivity index (χ1v) is 8.07. The summed E-state index contributed by atoms with van der Waals surface area (Å²) in [4.78, 5) is 21.6. The van der Waals surface area contributed by atoms with Gasteiger partial charge in [0.25, 0.3) is 0 Å². The van der Waals surface area contributed by atoms with Gasteiger partial charge in [0, 0.05) is 18.3 Å². The second-order valence-corrected chi connectivity index (χ2v) is 6.16. The molecule has 1 atom stereocenters. The Labute approximate surface area is 146 Å². The Bertz CT molecular complexity index is 976. The lowest BCUT2D eigenvalue weighted by atomic mass is 10.1. The highest BCUT2D eigenvalue weighted by molar-refractivity contribution is 6.30. The summed E-state index contributed by atoms with van der Waals surface area (Å²) in [5.74, 6) is -0.938. The molecule has 0 radical (unpaired) electrons. The van der Waals surface area contributed by atoms with E-state index in [1.807, 2.05) is 4.90 Å². The minimum Gasteiger partial charge on any atom is -0.477 e. The lowest BCUT2D eigenvalue weighted by Gasteiger charge is -2.26. The molecule has 0 aliphatic carbocycles. The van der Waals surface area contributed by atoms with Crippen molar-refractivity contribution in [1.82, 2.24) is 19.6 Å². The summed E-state index contributed by atoms with van der Waals surface area (Å²) in [7, 11) is 0. The van der Waals surface area contributed by atoms with Gasteiger partial charge in [0.1, 0.15) is 22.4 Å². The van der Waals surface area contributed by atoms with E-state index in [2.05, 4.69) is 15.1 Å². The SMILES string of the molecule is O=C(O)c1cnn2ccc(N3CCCC3c3cc(F)cnc3Cl)nc12. The Balaban J connectivity index is 1.77. The molecule has 3 aromatic heterocycles. The zero-order chi connectivity index (χ0) is 17.6. The molecule has 0 bridgehead atoms. The zero-order valence-electron chi connectivity index (χ0n) is 12.9. The average Bonchev–Trinajstić information content (AvgIpc) is 3.22. The fourth-order valence-corrected chi connectivity index (χ4v) is 3.44. The van der Waals surface area contributed by atoms with Crippen LogP contribution in [-0.4, -0.2) is 37.2 Å². The van der Waals surface area contributed by atoms with Crippen LogP contribution < -0.4 is 4.90 Å². The van der Waals surface area contributed by atoms with Crippen molar-refractivity contribution >= 4 is 29.0 Å². The monoisotopic (exact) mass is 361 g/mol. The van der Waals surface area contributed by atoms with Crippen LogP contribution in [0.3, 0.4) is 0 Å². The number of aromatic nitrogens is 4. The standard InChI is InChI=1S/C16H13ClFN5O2/c17-14-10(6-9(18)7-19-14)12-2-1-4-22(12)13-3-5-23-15(21-13)11(8-20-23)16(24)25/h3,5-8,12H,1-2,4H2,(H,24,25). The van der Waals surface area contributed by atoms with Crippen LogP contribution in [-0.2, 0) is 0 Å². The van der Waals surface area contributed by atoms with E-state index < -0.39 is 11.8 Å². The van der Waals surface area contributed by atoms with Gasteiger partial charge in [0.05, 0.1) is 18.4 Å². The van der Waals surface area contributed by atoms with E-state index in [0.717, 1.165) is 19.0 Å². The van der Waals surface area contributed by atoms with Crippen LogP contribution in [0.25, 0.3) is 5.65 Å². The Morgan fingerprint density at radius 2 is 2.24 bits per heavy atom. The quantitative estimate of drug-likeness (QED) is 0.722. The van der Waals surface area contributed by atoms with Crippen molar-refractivity contribution < 1.29 is 14.3 Å². The van der Waals surface area contributed by atoms with Crippen LogP contribution in [0.15, 0.2) is 30.7 Å². The maximum absolute atomic E-state index is 13.6. The van der Waals surface area contributed by atoms with Gasteiger partial charge >= 0.3 is 5.97 Å². The molecule has 25 heavy (non-hydrogen) atoms. The Morgan fingerprint density at radius 1 is 1.40 bits per heavy atom. The van der Waals surface area contributed by atoms with Crippen molar-refractivity contribution in [2.24, 2.45) is 0 Å². The molecule has 0 aromatic carbocycles. The van der Waals surface area contributed by atoms with Crippen molar-refractivity contribution in [3.8, 4) is 0 Å². The number of halogens is 2. The summed E-state index contributed by atoms with van der Waals surface area (Å²) in [5.41, 5.74) is 0.898. The highest BCUT2D eigenvalue weighted by atomic mass is 35.5. The van der Waals surface area contributed by atoms with E-state index in [9.17, 15) is 14.3 Å². The van der Waals surface area contributed by atoms with Gasteiger partial charge in [-0.15, -0.1) is 0 Å². The Hall–Kier alpha value is -2.74. The predicted molar refractivity (Wildman–Crippen MR) is 88.5 cm³/mol. The molecule has 1 fully saturated rings. The zero-order valence-corrected chi connectivity index (χ0v) is 13.7. The predicted octanol–water partition coefficient (Wildman–Crippen LogP) is 2.96. The van der Waals surface area contributed by atoms with Crippen LogP contribution in [0.2, 0.25) is 5.15 Å². The maximum atomic E-state index is 13.6. The van der Waals surface area contributed by atoms with Crippen molar-refractivity contribution in [3.63, 3.8) is 0 Å². The molecule has 1 aliphatic heterocycles. The highest BCUT2D eigenvalue weighted by Crippen LogP contribution is 2.38. The number of nitrogens with zero attached hydrogens (tertiary/aromatic N) is 5. The number of carboxylic acids is 1. The lowest BCUT2D eigenvalue weighted by Crippen LogP contribution is -2.24. The Morgan fingerprint density at radius 3 is 3.04 bits per heavy atom. The number of anilines is 1. The lowest BCUT2D eigenvalue weighted by molar-refractivity contribution is 0.0699. The number of hydrogen-bond acceptors (Lipinski definition) is 5. The van der Waals surface area contributed by atoms with Gasteiger partial charge in [-0.05, 0) is 25.0 Å². The van der Waals surface area contributed by atoms with E-state index in [4.69, 9.17) is 11.6 Å². The first-order chi connectivity index (χ1) is 12.0. The summed E-state index contributed by atoms with van der Waals surface area (Å²) < 4.78 is 15.0. The smallest absolute Gasteiger partial charge is 0.341 e. The van der Waals surface area contributed by atoms with Crippen molar-refractivity contribution in [2.75, 3.05) is 11.4 Å². The molecule has 4 heterocycles. The van der Waals surface area contributed by atoms with Crippen molar-refractivity contribution in [3.05, 3.63) is 52.8 Å². The first kappa shape index (κ1) is 15.8. The number of carbonyl (C=O) groups is 1. The second kappa shape index (κ2) is 5.96. The molecule has 1 saturated heterocycles. The highest BCUT2D eigenvalue weighted by Gasteiger charge is 2.30. The summed E-state index contributed by atoms with van der Waals surface area (Å²) >= 11 is 6.16. The van der Waals surface area contributed by atoms with Crippen molar-refractivity contribution in [1.29, 1.82) is 0 Å². The molecule has 0 amide bonds. The van der Waals surface area contributed by atoms with E-state index in [0.29, 0.717) is 17.9 Å². The molecule has 4 rings (SSSR count). The van der Waals surface area contributed by atoms with Gasteiger partial charge < -0.3 is 10.0 Å². The van der Waals surface area contributed by atoms with Gasteiger partial charge in [0.15, 0.2) is 5.65 Å². The fourth-order valence-electron chi connectivity index (χ4n) is 3.21. The van der Waals surface area contributed by atoms with Gasteiger partial charge in [-0.1, -0.05) is 11.6 Å². The number of fused-ring (bicyclic) bond motifs is 1. The van der Waals surface area contributed by atoms with Crippen LogP contribution in [0.1, 0.15) is 34.8 Å². The van der Waals surface area contributed by atoms with Crippen LogP contribution >= 0.6 is 11.6 Å². The Kier molecular flexibility index (Phi) is 3.76. The average molecular weight is 362 g/mol. The molecule has 9 heteroatoms. The van der Waals surface area contributed by atoms with Gasteiger partial charge in [-0.2, -0.15) is 5.10 Å². The molecule has 1 unspecified atom stereocenters. The molecule has 0 saturated carbocycles. The maximum Gasteiger partial charge on any atom is 0.341 e. The molecular formula is C16H13ClFN5O2. The van der Waals surface area contributed by atoms with E-state index in [-0.39, 0.29) is 22.4 Å². The van der Waals surface area contributed by atoms with E-state index in [1.54, 1.807) is 12.3 Å². The third-order valence-corrected chi connectivity index (χ3v) is 4.64. The molecule has 7 nitrogen and oxygen atoms in total. The van der Waals surface area contributed by atoms with Gasteiger partial charge in [-0.25, -0.2) is 23.7 Å². The molecule has 1 aliphatic rings. The summed E-state index contributed by atoms with van der Waals surface area (Å²) in [6.07, 6.45) is 5.67. The molecular weight excluding hydrogens is 349 g/mol. The van der Waals surface area contributed by atoms with Gasteiger partial charge in [0.2, 0.25) is 0 Å². The normalized spacial score (nSPS) is 17.4. The van der Waals surface area contributed by atoms with Crippen molar-refractivity contribution in [2.45, 2.75) is 18.9 Å². The number of carboxylic acid groups (broad SMARTS) is 1. The van der Waals surface area contributed by atoms with Crippen LogP contribution in [0.4, 0.5) is 10.2 Å². The second-order valence-electron chi connectivity index (χ2n) is 5.80. The first-order valence-electron chi connectivity index (χ1n) is 7.70. The molecule has 128 valence electrons. The topological polar surface area (TPSA) is 83.6 Å². The van der Waals surface area contributed by atoms with Crippen LogP contribution in [0.5, 0.6) is 0 Å². The number of hydrogen-bond donors (Lipinski definition) is 1. The largest absolute Gasteiger partial charge is 0.477 e. The summed E-state index contributed by atoms with van der Waals surface area (Å²) in [6, 6.07) is 2.98. The number of aromatic carboxylic acids is 1. The van der Waals surface area contributed by atoms with Gasteiger partial charge in [-0.3, -0.25) is 0 Å². The summed E-state index contributed by atoms with van der Waals surface area (Å²) in [5, 5.41) is 13.5. The minimum absolute atomic E-state index is 0.0306. The van der Waals surface area contributed by atoms with Crippen LogP contribution in [0, 0.1) is 5.82 Å². The molecule has 1 N–H and O–H groups in total. The fraction of sp³-hybridized carbons (Fsp3) is 0.250. The number of pyridine rings is 1. The molecule has 3 aromatic rings. The third-order valence-electron chi connectivity index (χ3n) is 4.32. The molecule has 0 spiro atoms. The van der Waals surface area contributed by atoms with E-state index in [1.165, 1.54) is 16.8 Å². The van der Waals surface area contributed by atoms with E-state index >= 15 is 0 Å².